The smallest absolute Gasteiger partial charge is 0.313 e. The number of methoxy groups -OCH3 is 1. The number of hydrogen-bond donors (Lipinski definition) is 1. The number of likely N-dealkylation sites (tertiary alicyclic amines) is 1. The first-order valence-corrected chi connectivity index (χ1v) is 8.57. The average Bonchev–Trinajstić information content (AvgIpc) is 3.18. The summed E-state index contributed by atoms with van der Waals surface area (Å²) in [7, 11) is 1.49. The first-order chi connectivity index (χ1) is 12.0. The maximum Gasteiger partial charge on any atom is 0.313 e. The monoisotopic (exact) mass is 344 g/mol. The standard InChI is InChI=1S/C19H24N2O4/c1-3-20-11-14(15-6-4-5-7-16(15)20)10-17(22)21-9-8-19(12-21,13-25-2)18(23)24/h4-7,11H,3,8-10,12-13H2,1-2H3,(H,23,24). The quantitative estimate of drug-likeness (QED) is 0.872. The van der Waals surface area contributed by atoms with Gasteiger partial charge in [0.1, 0.15) is 5.41 Å². The predicted molar refractivity (Wildman–Crippen MR) is 94.5 cm³/mol. The maximum absolute atomic E-state index is 12.8. The number of carbonyl (C=O) groups excluding carboxylic acids is 1. The molecule has 0 radical (unpaired) electrons. The number of fused-ring (bicyclic) bond motifs is 1. The van der Waals surface area contributed by atoms with Crippen molar-refractivity contribution in [3.05, 3.63) is 36.0 Å². The fourth-order valence-corrected chi connectivity index (χ4v) is 3.72. The van der Waals surface area contributed by atoms with Gasteiger partial charge in [0, 0.05) is 43.8 Å². The van der Waals surface area contributed by atoms with Crippen LogP contribution in [0.3, 0.4) is 0 Å². The van der Waals surface area contributed by atoms with Crippen LogP contribution in [0.5, 0.6) is 0 Å². The zero-order valence-corrected chi connectivity index (χ0v) is 14.7. The first kappa shape index (κ1) is 17.5. The number of carboxylic acid groups (broad SMARTS) is 1. The highest BCUT2D eigenvalue weighted by atomic mass is 16.5. The Labute approximate surface area is 147 Å². The molecule has 6 nitrogen and oxygen atoms in total. The summed E-state index contributed by atoms with van der Waals surface area (Å²) in [5.41, 5.74) is 1.12. The lowest BCUT2D eigenvalue weighted by Crippen LogP contribution is -2.40. The van der Waals surface area contributed by atoms with E-state index >= 15 is 0 Å². The minimum Gasteiger partial charge on any atom is -0.481 e. The molecule has 1 N–H and O–H groups in total. The van der Waals surface area contributed by atoms with Crippen molar-refractivity contribution in [3.63, 3.8) is 0 Å². The molecule has 1 fully saturated rings. The number of aryl methyl sites for hydroxylation is 1. The van der Waals surface area contributed by atoms with E-state index in [1.165, 1.54) is 7.11 Å². The Morgan fingerprint density at radius 1 is 1.32 bits per heavy atom. The Hall–Kier alpha value is -2.34. The Morgan fingerprint density at radius 2 is 2.08 bits per heavy atom. The first-order valence-electron chi connectivity index (χ1n) is 8.57. The molecule has 1 aromatic carbocycles. The van der Waals surface area contributed by atoms with Gasteiger partial charge in [-0.3, -0.25) is 9.59 Å². The van der Waals surface area contributed by atoms with E-state index < -0.39 is 11.4 Å². The fraction of sp³-hybridized carbons (Fsp3) is 0.474. The van der Waals surface area contributed by atoms with Crippen LogP contribution in [-0.2, 0) is 27.3 Å². The third-order valence-electron chi connectivity index (χ3n) is 5.13. The second kappa shape index (κ2) is 6.88. The molecule has 0 spiro atoms. The molecule has 1 aromatic heterocycles. The number of benzene rings is 1. The molecule has 134 valence electrons. The zero-order valence-electron chi connectivity index (χ0n) is 14.7. The van der Waals surface area contributed by atoms with Gasteiger partial charge < -0.3 is 19.3 Å². The van der Waals surface area contributed by atoms with Gasteiger partial charge in [0.15, 0.2) is 0 Å². The highest BCUT2D eigenvalue weighted by molar-refractivity contribution is 5.90. The Bertz CT molecular complexity index is 798. The van der Waals surface area contributed by atoms with E-state index in [4.69, 9.17) is 4.74 Å². The third-order valence-corrected chi connectivity index (χ3v) is 5.13. The lowest BCUT2D eigenvalue weighted by molar-refractivity contribution is -0.151. The summed E-state index contributed by atoms with van der Waals surface area (Å²) in [6.07, 6.45) is 2.74. The minimum absolute atomic E-state index is 0.0294. The van der Waals surface area contributed by atoms with Crippen LogP contribution in [0.4, 0.5) is 0 Å². The van der Waals surface area contributed by atoms with Crippen molar-refractivity contribution < 1.29 is 19.4 Å². The van der Waals surface area contributed by atoms with Crippen LogP contribution in [0, 0.1) is 5.41 Å². The second-order valence-corrected chi connectivity index (χ2v) is 6.72. The molecule has 1 aliphatic rings. The van der Waals surface area contributed by atoms with E-state index in [0.717, 1.165) is 23.0 Å². The normalized spacial score (nSPS) is 20.3. The number of nitrogens with zero attached hydrogens (tertiary/aromatic N) is 2. The largest absolute Gasteiger partial charge is 0.481 e. The lowest BCUT2D eigenvalue weighted by Gasteiger charge is -2.23. The molecule has 1 atom stereocenters. The number of hydrogen-bond acceptors (Lipinski definition) is 3. The van der Waals surface area contributed by atoms with Crippen molar-refractivity contribution in [2.45, 2.75) is 26.3 Å². The zero-order chi connectivity index (χ0) is 18.0. The predicted octanol–water partition coefficient (Wildman–Crippen LogP) is 2.15. The van der Waals surface area contributed by atoms with E-state index in [0.29, 0.717) is 13.0 Å². The number of aromatic nitrogens is 1. The number of rotatable bonds is 6. The van der Waals surface area contributed by atoms with Gasteiger partial charge in [0.05, 0.1) is 13.0 Å². The summed E-state index contributed by atoms with van der Waals surface area (Å²) in [5, 5.41) is 10.6. The van der Waals surface area contributed by atoms with Crippen molar-refractivity contribution in [1.29, 1.82) is 0 Å². The Balaban J connectivity index is 1.79. The molecule has 25 heavy (non-hydrogen) atoms. The molecule has 2 heterocycles. The van der Waals surface area contributed by atoms with Crippen LogP contribution < -0.4 is 0 Å². The summed E-state index contributed by atoms with van der Waals surface area (Å²) in [5.74, 6) is -0.925. The molecule has 2 aromatic rings. The molecular weight excluding hydrogens is 320 g/mol. The summed E-state index contributed by atoms with van der Waals surface area (Å²) in [6.45, 7) is 3.71. The van der Waals surface area contributed by atoms with Crippen molar-refractivity contribution in [3.8, 4) is 0 Å². The second-order valence-electron chi connectivity index (χ2n) is 6.72. The molecule has 3 rings (SSSR count). The van der Waals surface area contributed by atoms with Crippen LogP contribution in [0.1, 0.15) is 18.9 Å². The third kappa shape index (κ3) is 3.14. The Morgan fingerprint density at radius 3 is 2.76 bits per heavy atom. The molecular formula is C19H24N2O4. The number of ether oxygens (including phenoxy) is 1. The highest BCUT2D eigenvalue weighted by Gasteiger charge is 2.46. The number of para-hydroxylation sites is 1. The van der Waals surface area contributed by atoms with Gasteiger partial charge >= 0.3 is 5.97 Å². The molecule has 1 aliphatic heterocycles. The van der Waals surface area contributed by atoms with Gasteiger partial charge in [0.2, 0.25) is 5.91 Å². The molecule has 0 bridgehead atoms. The average molecular weight is 344 g/mol. The van der Waals surface area contributed by atoms with E-state index in [9.17, 15) is 14.7 Å². The lowest BCUT2D eigenvalue weighted by atomic mass is 9.88. The van der Waals surface area contributed by atoms with Crippen LogP contribution in [0.2, 0.25) is 0 Å². The van der Waals surface area contributed by atoms with E-state index in [-0.39, 0.29) is 25.5 Å². The number of amides is 1. The SMILES string of the molecule is CCn1cc(CC(=O)N2CCC(COC)(C(=O)O)C2)c2ccccc21. The van der Waals surface area contributed by atoms with Crippen molar-refractivity contribution >= 4 is 22.8 Å². The molecule has 0 aliphatic carbocycles. The summed E-state index contributed by atoms with van der Waals surface area (Å²) in [6, 6.07) is 8.05. The molecule has 1 unspecified atom stereocenters. The van der Waals surface area contributed by atoms with Gasteiger partial charge in [-0.25, -0.2) is 0 Å². The highest BCUT2D eigenvalue weighted by Crippen LogP contribution is 2.32. The minimum atomic E-state index is -0.984. The van der Waals surface area contributed by atoms with Gasteiger partial charge in [-0.1, -0.05) is 18.2 Å². The van der Waals surface area contributed by atoms with Crippen LogP contribution in [-0.4, -0.2) is 53.3 Å². The van der Waals surface area contributed by atoms with Gasteiger partial charge in [0.25, 0.3) is 0 Å². The van der Waals surface area contributed by atoms with Gasteiger partial charge in [-0.15, -0.1) is 0 Å². The van der Waals surface area contributed by atoms with E-state index in [1.807, 2.05) is 24.4 Å². The van der Waals surface area contributed by atoms with Crippen molar-refractivity contribution in [2.75, 3.05) is 26.8 Å². The fourth-order valence-electron chi connectivity index (χ4n) is 3.72. The molecule has 1 saturated heterocycles. The van der Waals surface area contributed by atoms with Crippen LogP contribution in [0.15, 0.2) is 30.5 Å². The van der Waals surface area contributed by atoms with Gasteiger partial charge in [-0.05, 0) is 25.0 Å². The van der Waals surface area contributed by atoms with Crippen molar-refractivity contribution in [1.82, 2.24) is 9.47 Å². The summed E-state index contributed by atoms with van der Waals surface area (Å²) >= 11 is 0. The molecule has 6 heteroatoms. The van der Waals surface area contributed by atoms with Crippen molar-refractivity contribution in [2.24, 2.45) is 5.41 Å². The van der Waals surface area contributed by atoms with E-state index in [2.05, 4.69) is 17.6 Å². The maximum atomic E-state index is 12.8. The number of carbonyl (C=O) groups is 2. The summed E-state index contributed by atoms with van der Waals surface area (Å²) in [4.78, 5) is 26.0. The topological polar surface area (TPSA) is 71.8 Å². The Kier molecular flexibility index (Phi) is 4.81. The van der Waals surface area contributed by atoms with Crippen LogP contribution in [0.25, 0.3) is 10.9 Å². The van der Waals surface area contributed by atoms with Gasteiger partial charge in [-0.2, -0.15) is 0 Å². The van der Waals surface area contributed by atoms with Crippen LogP contribution >= 0.6 is 0 Å². The summed E-state index contributed by atoms with van der Waals surface area (Å²) < 4.78 is 7.22. The van der Waals surface area contributed by atoms with E-state index in [1.54, 1.807) is 4.90 Å². The molecule has 0 saturated carbocycles. The number of aliphatic carboxylic acids is 1. The number of carboxylic acids is 1. The molecule has 1 amide bonds.